The Bertz CT molecular complexity index is 730. The molecule has 2 aromatic carbocycles. The summed E-state index contributed by atoms with van der Waals surface area (Å²) in [5.41, 5.74) is 2.95. The van der Waals surface area contributed by atoms with Gasteiger partial charge in [0.15, 0.2) is 0 Å². The summed E-state index contributed by atoms with van der Waals surface area (Å²) in [5, 5.41) is 6.55. The Balaban J connectivity index is 1.79. The largest absolute Gasteiger partial charge is 0.465 e. The van der Waals surface area contributed by atoms with Crippen LogP contribution >= 0.6 is 11.6 Å². The van der Waals surface area contributed by atoms with Crippen molar-refractivity contribution in [2.75, 3.05) is 24.3 Å². The van der Waals surface area contributed by atoms with Crippen molar-refractivity contribution in [3.05, 3.63) is 58.6 Å². The highest BCUT2D eigenvalue weighted by Crippen LogP contribution is 2.20. The molecule has 0 fully saturated rings. The second-order valence-corrected chi connectivity index (χ2v) is 5.67. The zero-order valence-electron chi connectivity index (χ0n) is 13.6. The molecule has 0 radical (unpaired) electrons. The van der Waals surface area contributed by atoms with Crippen LogP contribution < -0.4 is 10.6 Å². The van der Waals surface area contributed by atoms with E-state index >= 15 is 0 Å². The number of aryl methyl sites for hydroxylation is 1. The molecule has 0 saturated heterocycles. The number of anilines is 2. The monoisotopic (exact) mass is 346 g/mol. The fraction of sp³-hybridized carbons (Fsp3) is 0.222. The molecule has 0 aliphatic rings. The van der Waals surface area contributed by atoms with Crippen LogP contribution in [-0.4, -0.2) is 25.5 Å². The molecule has 126 valence electrons. The molecule has 0 saturated carbocycles. The summed E-state index contributed by atoms with van der Waals surface area (Å²) in [7, 11) is 1.34. The van der Waals surface area contributed by atoms with Crippen molar-refractivity contribution in [1.29, 1.82) is 0 Å². The summed E-state index contributed by atoms with van der Waals surface area (Å²) in [5.74, 6) is -0.480. The van der Waals surface area contributed by atoms with Gasteiger partial charge in [-0.3, -0.25) is 4.79 Å². The Morgan fingerprint density at radius 3 is 2.38 bits per heavy atom. The van der Waals surface area contributed by atoms with E-state index < -0.39 is 0 Å². The zero-order chi connectivity index (χ0) is 17.5. The first-order chi connectivity index (χ1) is 11.5. The number of ether oxygens (including phenoxy) is 1. The van der Waals surface area contributed by atoms with E-state index in [0.29, 0.717) is 29.2 Å². The number of benzene rings is 2. The lowest BCUT2D eigenvalue weighted by atomic mass is 10.2. The maximum atomic E-state index is 11.9. The number of esters is 1. The van der Waals surface area contributed by atoms with Crippen molar-refractivity contribution in [3.8, 4) is 0 Å². The standard InChI is InChI=1S/C18H19ClN2O3/c1-12-3-6-15(11-16(12)19)21-17(22)9-10-20-14-7-4-13(5-8-14)18(23)24-2/h3-8,11,20H,9-10H2,1-2H3,(H,21,22). The van der Waals surface area contributed by atoms with Gasteiger partial charge in [0, 0.05) is 29.4 Å². The van der Waals surface area contributed by atoms with E-state index in [9.17, 15) is 9.59 Å². The van der Waals surface area contributed by atoms with Crippen LogP contribution in [0, 0.1) is 6.92 Å². The molecule has 0 atom stereocenters. The molecule has 5 nitrogen and oxygen atoms in total. The van der Waals surface area contributed by atoms with Crippen molar-refractivity contribution in [3.63, 3.8) is 0 Å². The molecule has 0 unspecified atom stereocenters. The van der Waals surface area contributed by atoms with Crippen LogP contribution in [0.5, 0.6) is 0 Å². The van der Waals surface area contributed by atoms with E-state index in [1.165, 1.54) is 7.11 Å². The number of amides is 1. The topological polar surface area (TPSA) is 67.4 Å². The van der Waals surface area contributed by atoms with Gasteiger partial charge in [-0.1, -0.05) is 17.7 Å². The van der Waals surface area contributed by atoms with E-state index in [1.807, 2.05) is 19.1 Å². The van der Waals surface area contributed by atoms with Crippen LogP contribution in [0.25, 0.3) is 0 Å². The number of hydrogen-bond donors (Lipinski definition) is 2. The van der Waals surface area contributed by atoms with Crippen molar-refractivity contribution < 1.29 is 14.3 Å². The molecular formula is C18H19ClN2O3. The number of halogens is 1. The van der Waals surface area contributed by atoms with Gasteiger partial charge in [0.05, 0.1) is 12.7 Å². The van der Waals surface area contributed by atoms with Crippen LogP contribution in [0.1, 0.15) is 22.3 Å². The number of methoxy groups -OCH3 is 1. The minimum atomic E-state index is -0.377. The van der Waals surface area contributed by atoms with Gasteiger partial charge in [-0.2, -0.15) is 0 Å². The second-order valence-electron chi connectivity index (χ2n) is 5.26. The lowest BCUT2D eigenvalue weighted by Crippen LogP contribution is -2.16. The maximum Gasteiger partial charge on any atom is 0.337 e. The quantitative estimate of drug-likeness (QED) is 0.779. The molecule has 2 rings (SSSR count). The van der Waals surface area contributed by atoms with Gasteiger partial charge >= 0.3 is 5.97 Å². The van der Waals surface area contributed by atoms with Crippen molar-refractivity contribution >= 4 is 34.9 Å². The van der Waals surface area contributed by atoms with Crippen molar-refractivity contribution in [2.24, 2.45) is 0 Å². The van der Waals surface area contributed by atoms with E-state index in [-0.39, 0.29) is 11.9 Å². The SMILES string of the molecule is COC(=O)c1ccc(NCCC(=O)Nc2ccc(C)c(Cl)c2)cc1. The first-order valence-corrected chi connectivity index (χ1v) is 7.85. The maximum absolute atomic E-state index is 11.9. The third-order valence-electron chi connectivity index (χ3n) is 3.44. The minimum absolute atomic E-state index is 0.103. The number of rotatable bonds is 6. The summed E-state index contributed by atoms with van der Waals surface area (Å²) in [6.45, 7) is 2.38. The molecule has 6 heteroatoms. The summed E-state index contributed by atoms with van der Waals surface area (Å²) < 4.78 is 4.64. The predicted octanol–water partition coefficient (Wildman–Crippen LogP) is 3.88. The Kier molecular flexibility index (Phi) is 6.21. The first kappa shape index (κ1) is 17.8. The molecular weight excluding hydrogens is 328 g/mol. The van der Waals surface area contributed by atoms with Crippen LogP contribution in [-0.2, 0) is 9.53 Å². The van der Waals surface area contributed by atoms with Gasteiger partial charge in [-0.15, -0.1) is 0 Å². The zero-order valence-corrected chi connectivity index (χ0v) is 14.3. The highest BCUT2D eigenvalue weighted by atomic mass is 35.5. The lowest BCUT2D eigenvalue weighted by Gasteiger charge is -2.09. The number of nitrogens with one attached hydrogen (secondary N) is 2. The highest BCUT2D eigenvalue weighted by Gasteiger charge is 2.06. The molecule has 1 amide bonds. The highest BCUT2D eigenvalue weighted by molar-refractivity contribution is 6.31. The van der Waals surface area contributed by atoms with E-state index in [4.69, 9.17) is 11.6 Å². The summed E-state index contributed by atoms with van der Waals surface area (Å²) in [4.78, 5) is 23.3. The van der Waals surface area contributed by atoms with Gasteiger partial charge in [0.2, 0.25) is 5.91 Å². The first-order valence-electron chi connectivity index (χ1n) is 7.48. The normalized spacial score (nSPS) is 10.1. The fourth-order valence-corrected chi connectivity index (χ4v) is 2.24. The lowest BCUT2D eigenvalue weighted by molar-refractivity contribution is -0.115. The van der Waals surface area contributed by atoms with Crippen molar-refractivity contribution in [1.82, 2.24) is 0 Å². The molecule has 0 bridgehead atoms. The summed E-state index contributed by atoms with van der Waals surface area (Å²) in [6.07, 6.45) is 0.310. The Labute approximate surface area is 146 Å². The molecule has 0 spiro atoms. The van der Waals surface area contributed by atoms with Gasteiger partial charge < -0.3 is 15.4 Å². The Hall–Kier alpha value is -2.53. The molecule has 0 aliphatic carbocycles. The van der Waals surface area contributed by atoms with Crippen LogP contribution in [0.3, 0.4) is 0 Å². The predicted molar refractivity (Wildman–Crippen MR) is 95.7 cm³/mol. The molecule has 0 aliphatic heterocycles. The van der Waals surface area contributed by atoms with Crippen LogP contribution in [0.4, 0.5) is 11.4 Å². The second kappa shape index (κ2) is 8.36. The summed E-state index contributed by atoms with van der Waals surface area (Å²) in [6, 6.07) is 12.3. The molecule has 2 aromatic rings. The number of carbonyl (C=O) groups excluding carboxylic acids is 2. The van der Waals surface area contributed by atoms with E-state index in [1.54, 1.807) is 30.3 Å². The summed E-state index contributed by atoms with van der Waals surface area (Å²) >= 11 is 6.03. The van der Waals surface area contributed by atoms with Crippen molar-refractivity contribution in [2.45, 2.75) is 13.3 Å². The van der Waals surface area contributed by atoms with Gasteiger partial charge in [0.25, 0.3) is 0 Å². The Morgan fingerprint density at radius 1 is 1.08 bits per heavy atom. The van der Waals surface area contributed by atoms with E-state index in [0.717, 1.165) is 11.3 Å². The molecule has 0 heterocycles. The average molecular weight is 347 g/mol. The Morgan fingerprint density at radius 2 is 1.75 bits per heavy atom. The minimum Gasteiger partial charge on any atom is -0.465 e. The fourth-order valence-electron chi connectivity index (χ4n) is 2.06. The molecule has 0 aromatic heterocycles. The van der Waals surface area contributed by atoms with Crippen LogP contribution in [0.15, 0.2) is 42.5 Å². The van der Waals surface area contributed by atoms with E-state index in [2.05, 4.69) is 15.4 Å². The van der Waals surface area contributed by atoms with Gasteiger partial charge in [-0.25, -0.2) is 4.79 Å². The smallest absolute Gasteiger partial charge is 0.337 e. The third kappa shape index (κ3) is 4.99. The van der Waals surface area contributed by atoms with Crippen LogP contribution in [0.2, 0.25) is 5.02 Å². The third-order valence-corrected chi connectivity index (χ3v) is 3.85. The number of hydrogen-bond acceptors (Lipinski definition) is 4. The van der Waals surface area contributed by atoms with Gasteiger partial charge in [0.1, 0.15) is 0 Å². The average Bonchev–Trinajstić information content (AvgIpc) is 2.58. The molecule has 2 N–H and O–H groups in total. The van der Waals surface area contributed by atoms with Gasteiger partial charge in [-0.05, 0) is 48.9 Å². The number of carbonyl (C=O) groups is 2. The molecule has 24 heavy (non-hydrogen) atoms.